The van der Waals surface area contributed by atoms with Crippen LogP contribution in [0.15, 0.2) is 50.4 Å². The Kier molecular flexibility index (Phi) is 6.39. The molecular weight excluding hydrogens is 454 g/mol. The van der Waals surface area contributed by atoms with Crippen molar-refractivity contribution in [1.29, 1.82) is 0 Å². The number of hydrogen-bond donors (Lipinski definition) is 1. The SMILES string of the molecule is CCOC(=O)c1c(-c2ccc(Br)cc2)csc1N=CC1=C(O)CC(C)(C)CC1=O. The lowest BCUT2D eigenvalue weighted by atomic mass is 9.77. The molecule has 0 unspecified atom stereocenters. The summed E-state index contributed by atoms with van der Waals surface area (Å²) in [6, 6.07) is 7.61. The molecule has 1 aliphatic rings. The first-order valence-corrected chi connectivity index (χ1v) is 10.9. The Morgan fingerprint density at radius 1 is 1.31 bits per heavy atom. The van der Waals surface area contributed by atoms with Crippen LogP contribution in [-0.2, 0) is 9.53 Å². The third-order valence-corrected chi connectivity index (χ3v) is 6.03. The number of ketones is 1. The Hall–Kier alpha value is -2.25. The average molecular weight is 476 g/mol. The van der Waals surface area contributed by atoms with Gasteiger partial charge in [-0.1, -0.05) is 41.9 Å². The van der Waals surface area contributed by atoms with Crippen molar-refractivity contribution in [1.82, 2.24) is 0 Å². The van der Waals surface area contributed by atoms with Crippen LogP contribution >= 0.6 is 27.3 Å². The molecule has 0 atom stereocenters. The standard InChI is InChI=1S/C22H22BrNO4S/c1-4-28-21(27)19-16(13-5-7-14(23)8-6-13)12-29-20(19)24-11-15-17(25)9-22(2,3)10-18(15)26/h5-8,11-12,25H,4,9-10H2,1-3H3. The van der Waals surface area contributed by atoms with E-state index in [4.69, 9.17) is 4.74 Å². The molecule has 2 aromatic rings. The number of rotatable bonds is 5. The molecule has 0 aliphatic heterocycles. The van der Waals surface area contributed by atoms with Gasteiger partial charge in [0.25, 0.3) is 0 Å². The summed E-state index contributed by atoms with van der Waals surface area (Å²) in [6.07, 6.45) is 2.13. The van der Waals surface area contributed by atoms with Crippen molar-refractivity contribution in [3.63, 3.8) is 0 Å². The van der Waals surface area contributed by atoms with Gasteiger partial charge in [0, 0.05) is 34.5 Å². The maximum atomic E-state index is 12.6. The molecule has 152 valence electrons. The highest BCUT2D eigenvalue weighted by molar-refractivity contribution is 9.10. The number of halogens is 1. The van der Waals surface area contributed by atoms with Crippen LogP contribution in [0.5, 0.6) is 0 Å². The molecule has 1 aromatic carbocycles. The van der Waals surface area contributed by atoms with Gasteiger partial charge in [-0.2, -0.15) is 0 Å². The van der Waals surface area contributed by atoms with E-state index in [1.54, 1.807) is 6.92 Å². The zero-order valence-electron chi connectivity index (χ0n) is 16.5. The lowest BCUT2D eigenvalue weighted by molar-refractivity contribution is -0.117. The van der Waals surface area contributed by atoms with Crippen molar-refractivity contribution in [2.45, 2.75) is 33.6 Å². The lowest BCUT2D eigenvalue weighted by Crippen LogP contribution is -2.26. The maximum Gasteiger partial charge on any atom is 0.341 e. The number of thiophene rings is 1. The number of aliphatic imine (C=N–C) groups is 1. The molecule has 1 aromatic heterocycles. The summed E-state index contributed by atoms with van der Waals surface area (Å²) in [5.74, 6) is -0.574. The van der Waals surface area contributed by atoms with Crippen LogP contribution in [-0.4, -0.2) is 29.7 Å². The molecule has 7 heteroatoms. The number of aliphatic hydroxyl groups excluding tert-OH is 1. The zero-order chi connectivity index (χ0) is 21.2. The maximum absolute atomic E-state index is 12.6. The first kappa shape index (κ1) is 21.5. The lowest BCUT2D eigenvalue weighted by Gasteiger charge is -2.28. The summed E-state index contributed by atoms with van der Waals surface area (Å²) in [6.45, 7) is 5.88. The smallest absolute Gasteiger partial charge is 0.341 e. The summed E-state index contributed by atoms with van der Waals surface area (Å²) in [5.41, 5.74) is 1.89. The second-order valence-corrected chi connectivity index (χ2v) is 9.39. The van der Waals surface area contributed by atoms with E-state index in [2.05, 4.69) is 20.9 Å². The van der Waals surface area contributed by atoms with Gasteiger partial charge >= 0.3 is 5.97 Å². The number of aliphatic hydroxyl groups is 1. The number of allylic oxidation sites excluding steroid dienone is 2. The minimum Gasteiger partial charge on any atom is -0.511 e. The highest BCUT2D eigenvalue weighted by Crippen LogP contribution is 2.39. The molecule has 3 rings (SSSR count). The minimum atomic E-state index is -0.465. The number of carbonyl (C=O) groups is 2. The van der Waals surface area contributed by atoms with Gasteiger partial charge in [-0.05, 0) is 30.0 Å². The fraction of sp³-hybridized carbons (Fsp3) is 0.318. The Labute approximate surface area is 182 Å². The van der Waals surface area contributed by atoms with E-state index in [1.807, 2.05) is 43.5 Å². The first-order chi connectivity index (χ1) is 13.7. The Morgan fingerprint density at radius 2 is 2.00 bits per heavy atom. The second kappa shape index (κ2) is 8.63. The molecule has 1 heterocycles. The number of nitrogens with zero attached hydrogens (tertiary/aromatic N) is 1. The number of ether oxygens (including phenoxy) is 1. The highest BCUT2D eigenvalue weighted by Gasteiger charge is 2.32. The van der Waals surface area contributed by atoms with Gasteiger partial charge in [-0.25, -0.2) is 9.79 Å². The number of carbonyl (C=O) groups excluding carboxylic acids is 2. The van der Waals surface area contributed by atoms with Gasteiger partial charge in [-0.3, -0.25) is 4.79 Å². The highest BCUT2D eigenvalue weighted by atomic mass is 79.9. The summed E-state index contributed by atoms with van der Waals surface area (Å²) in [5, 5.41) is 12.6. The van der Waals surface area contributed by atoms with Gasteiger partial charge in [-0.15, -0.1) is 11.3 Å². The fourth-order valence-corrected chi connectivity index (χ4v) is 4.43. The molecular formula is C22H22BrNO4S. The molecule has 0 fully saturated rings. The van der Waals surface area contributed by atoms with E-state index < -0.39 is 5.97 Å². The monoisotopic (exact) mass is 475 g/mol. The van der Waals surface area contributed by atoms with Crippen molar-refractivity contribution in [3.8, 4) is 11.1 Å². The zero-order valence-corrected chi connectivity index (χ0v) is 18.9. The molecule has 5 nitrogen and oxygen atoms in total. The minimum absolute atomic E-state index is 0.0392. The van der Waals surface area contributed by atoms with Gasteiger partial charge in [0.15, 0.2) is 5.78 Å². The van der Waals surface area contributed by atoms with E-state index in [-0.39, 0.29) is 29.1 Å². The van der Waals surface area contributed by atoms with E-state index in [9.17, 15) is 14.7 Å². The quantitative estimate of drug-likeness (QED) is 0.408. The molecule has 0 radical (unpaired) electrons. The molecule has 0 saturated heterocycles. The predicted octanol–water partition coefficient (Wildman–Crippen LogP) is 6.26. The van der Waals surface area contributed by atoms with Crippen LogP contribution in [0.3, 0.4) is 0 Å². The van der Waals surface area contributed by atoms with E-state index >= 15 is 0 Å². The van der Waals surface area contributed by atoms with Gasteiger partial charge in [0.2, 0.25) is 0 Å². The molecule has 29 heavy (non-hydrogen) atoms. The van der Waals surface area contributed by atoms with Crippen LogP contribution < -0.4 is 0 Å². The third kappa shape index (κ3) is 4.85. The Bertz CT molecular complexity index is 1000. The number of hydrogen-bond acceptors (Lipinski definition) is 6. The topological polar surface area (TPSA) is 76.0 Å². The van der Waals surface area contributed by atoms with Crippen molar-refractivity contribution >= 4 is 50.2 Å². The summed E-state index contributed by atoms with van der Waals surface area (Å²) in [7, 11) is 0. The van der Waals surface area contributed by atoms with Crippen LogP contribution in [0.4, 0.5) is 5.00 Å². The van der Waals surface area contributed by atoms with Gasteiger partial charge in [0.05, 0.1) is 12.2 Å². The predicted molar refractivity (Wildman–Crippen MR) is 119 cm³/mol. The van der Waals surface area contributed by atoms with E-state index in [1.165, 1.54) is 17.6 Å². The Morgan fingerprint density at radius 3 is 2.62 bits per heavy atom. The van der Waals surface area contributed by atoms with Gasteiger partial charge < -0.3 is 9.84 Å². The van der Waals surface area contributed by atoms with Gasteiger partial charge in [0.1, 0.15) is 16.3 Å². The van der Waals surface area contributed by atoms with Crippen molar-refractivity contribution in [2.24, 2.45) is 10.4 Å². The molecule has 0 bridgehead atoms. The van der Waals surface area contributed by atoms with E-state index in [0.29, 0.717) is 23.4 Å². The summed E-state index contributed by atoms with van der Waals surface area (Å²) in [4.78, 5) is 29.4. The Balaban J connectivity index is 2.01. The molecule has 0 spiro atoms. The van der Waals surface area contributed by atoms with Crippen LogP contribution in [0.2, 0.25) is 0 Å². The van der Waals surface area contributed by atoms with Crippen molar-refractivity contribution in [2.75, 3.05) is 6.61 Å². The van der Waals surface area contributed by atoms with Crippen LogP contribution in [0.25, 0.3) is 11.1 Å². The van der Waals surface area contributed by atoms with E-state index in [0.717, 1.165) is 15.6 Å². The first-order valence-electron chi connectivity index (χ1n) is 9.26. The largest absolute Gasteiger partial charge is 0.511 e. The molecule has 1 aliphatic carbocycles. The number of Topliss-reactive ketones (excluding diaryl/α,β-unsaturated/α-hetero) is 1. The van der Waals surface area contributed by atoms with Crippen LogP contribution in [0, 0.1) is 5.41 Å². The fourth-order valence-electron chi connectivity index (χ4n) is 3.26. The summed E-state index contributed by atoms with van der Waals surface area (Å²) < 4.78 is 6.17. The molecule has 0 amide bonds. The van der Waals surface area contributed by atoms with Crippen LogP contribution in [0.1, 0.15) is 44.0 Å². The molecule has 0 saturated carbocycles. The number of esters is 1. The van der Waals surface area contributed by atoms with Crippen molar-refractivity contribution < 1.29 is 19.4 Å². The second-order valence-electron chi connectivity index (χ2n) is 7.62. The molecule has 1 N–H and O–H groups in total. The van der Waals surface area contributed by atoms with Crippen molar-refractivity contribution in [3.05, 3.63) is 51.0 Å². The normalized spacial score (nSPS) is 16.5. The number of benzene rings is 1. The average Bonchev–Trinajstić information content (AvgIpc) is 3.05. The third-order valence-electron chi connectivity index (χ3n) is 4.61. The summed E-state index contributed by atoms with van der Waals surface area (Å²) >= 11 is 4.70.